The molecule has 0 aliphatic heterocycles. The van der Waals surface area contributed by atoms with E-state index in [-0.39, 0.29) is 11.7 Å². The average molecular weight is 285 g/mol. The Labute approximate surface area is 115 Å². The number of hydrogen-bond acceptors (Lipinski definition) is 5. The molecule has 7 nitrogen and oxygen atoms in total. The molecule has 0 amide bonds. The van der Waals surface area contributed by atoms with E-state index in [1.54, 1.807) is 6.92 Å². The molecule has 0 fully saturated rings. The fraction of sp³-hybridized carbons (Fsp3) is 0.417. The van der Waals surface area contributed by atoms with Crippen molar-refractivity contribution in [1.82, 2.24) is 4.90 Å². The highest BCUT2D eigenvalue weighted by molar-refractivity contribution is 5.90. The first-order valence-corrected chi connectivity index (χ1v) is 5.85. The van der Waals surface area contributed by atoms with Crippen molar-refractivity contribution < 1.29 is 19.2 Å². The third-order valence-corrected chi connectivity index (χ3v) is 2.55. The van der Waals surface area contributed by atoms with Crippen molar-refractivity contribution >= 4 is 17.3 Å². The van der Waals surface area contributed by atoms with Crippen molar-refractivity contribution in [2.75, 3.05) is 26.0 Å². The van der Waals surface area contributed by atoms with Crippen LogP contribution in [0.3, 0.4) is 0 Å². The minimum Gasteiger partial charge on any atom is -0.478 e. The Morgan fingerprint density at radius 3 is 2.60 bits per heavy atom. The van der Waals surface area contributed by atoms with Crippen LogP contribution in [0, 0.1) is 15.9 Å². The molecule has 0 aliphatic carbocycles. The van der Waals surface area contributed by atoms with Crippen LogP contribution in [0.25, 0.3) is 0 Å². The molecule has 0 aromatic heterocycles. The molecule has 20 heavy (non-hydrogen) atoms. The molecule has 1 atom stereocenters. The van der Waals surface area contributed by atoms with Crippen LogP contribution in [0.4, 0.5) is 15.8 Å². The third kappa shape index (κ3) is 3.89. The van der Waals surface area contributed by atoms with E-state index in [0.29, 0.717) is 12.6 Å². The van der Waals surface area contributed by atoms with Gasteiger partial charge in [0.05, 0.1) is 16.6 Å². The van der Waals surface area contributed by atoms with Crippen molar-refractivity contribution in [2.45, 2.75) is 13.0 Å². The number of hydrogen-bond donors (Lipinski definition) is 2. The number of carbonyl (C=O) groups is 1. The highest BCUT2D eigenvalue weighted by atomic mass is 19.1. The van der Waals surface area contributed by atoms with Gasteiger partial charge >= 0.3 is 5.97 Å². The summed E-state index contributed by atoms with van der Waals surface area (Å²) in [7, 11) is 3.67. The first kappa shape index (κ1) is 15.8. The van der Waals surface area contributed by atoms with E-state index >= 15 is 0 Å². The van der Waals surface area contributed by atoms with Crippen LogP contribution >= 0.6 is 0 Å². The number of aromatic carboxylic acids is 1. The Morgan fingerprint density at radius 1 is 1.55 bits per heavy atom. The van der Waals surface area contributed by atoms with Crippen molar-refractivity contribution in [3.8, 4) is 0 Å². The second kappa shape index (κ2) is 6.29. The van der Waals surface area contributed by atoms with Gasteiger partial charge in [0.25, 0.3) is 5.69 Å². The number of halogens is 1. The van der Waals surface area contributed by atoms with E-state index < -0.39 is 28.0 Å². The highest BCUT2D eigenvalue weighted by Crippen LogP contribution is 2.28. The van der Waals surface area contributed by atoms with Gasteiger partial charge in [-0.1, -0.05) is 0 Å². The standard InChI is InChI=1S/C12H16FN3O4/c1-7(6-15(2)3)14-10-4-8(12(17)18)9(13)5-11(10)16(19)20/h4-5,7,14H,6H2,1-3H3,(H,17,18). The van der Waals surface area contributed by atoms with Gasteiger partial charge in [-0.2, -0.15) is 0 Å². The maximum Gasteiger partial charge on any atom is 0.338 e. The zero-order valence-electron chi connectivity index (χ0n) is 11.4. The van der Waals surface area contributed by atoms with Gasteiger partial charge in [0, 0.05) is 12.6 Å². The lowest BCUT2D eigenvalue weighted by atomic mass is 10.1. The monoisotopic (exact) mass is 285 g/mol. The molecule has 2 N–H and O–H groups in total. The van der Waals surface area contributed by atoms with Crippen LogP contribution in [-0.4, -0.2) is 47.6 Å². The minimum atomic E-state index is -1.47. The summed E-state index contributed by atoms with van der Waals surface area (Å²) in [6.45, 7) is 2.37. The van der Waals surface area contributed by atoms with Crippen LogP contribution in [0.1, 0.15) is 17.3 Å². The van der Waals surface area contributed by atoms with Crippen molar-refractivity contribution in [3.63, 3.8) is 0 Å². The summed E-state index contributed by atoms with van der Waals surface area (Å²) in [5.41, 5.74) is -1.10. The summed E-state index contributed by atoms with van der Waals surface area (Å²) < 4.78 is 13.5. The molecule has 110 valence electrons. The lowest BCUT2D eigenvalue weighted by molar-refractivity contribution is -0.384. The van der Waals surface area contributed by atoms with Gasteiger partial charge < -0.3 is 15.3 Å². The Morgan fingerprint density at radius 2 is 2.15 bits per heavy atom. The summed E-state index contributed by atoms with van der Waals surface area (Å²) in [5.74, 6) is -2.60. The van der Waals surface area contributed by atoms with E-state index in [1.807, 2.05) is 19.0 Å². The normalized spacial score (nSPS) is 12.2. The quantitative estimate of drug-likeness (QED) is 0.611. The smallest absolute Gasteiger partial charge is 0.338 e. The molecule has 0 saturated heterocycles. The number of carboxylic acids is 1. The van der Waals surface area contributed by atoms with E-state index in [9.17, 15) is 19.3 Å². The minimum absolute atomic E-state index is 0.0110. The van der Waals surface area contributed by atoms with E-state index in [0.717, 1.165) is 6.07 Å². The van der Waals surface area contributed by atoms with Gasteiger partial charge in [0.1, 0.15) is 11.5 Å². The van der Waals surface area contributed by atoms with Gasteiger partial charge in [-0.05, 0) is 27.1 Å². The molecule has 0 aliphatic rings. The summed E-state index contributed by atoms with van der Waals surface area (Å²) in [6, 6.07) is 1.40. The van der Waals surface area contributed by atoms with Crippen LogP contribution < -0.4 is 5.32 Å². The maximum atomic E-state index is 13.5. The van der Waals surface area contributed by atoms with Crippen molar-refractivity contribution in [2.24, 2.45) is 0 Å². The van der Waals surface area contributed by atoms with Gasteiger partial charge in [-0.15, -0.1) is 0 Å². The number of rotatable bonds is 6. The van der Waals surface area contributed by atoms with Gasteiger partial charge in [0.15, 0.2) is 0 Å². The summed E-state index contributed by atoms with van der Waals surface area (Å²) >= 11 is 0. The molecular formula is C12H16FN3O4. The number of nitrogens with zero attached hydrogens (tertiary/aromatic N) is 2. The maximum absolute atomic E-state index is 13.5. The third-order valence-electron chi connectivity index (χ3n) is 2.55. The molecule has 1 unspecified atom stereocenters. The SMILES string of the molecule is CC(CN(C)C)Nc1cc(C(=O)O)c(F)cc1[N+](=O)[O-]. The number of nitrogens with one attached hydrogen (secondary N) is 1. The molecule has 0 saturated carbocycles. The van der Waals surface area contributed by atoms with Crippen LogP contribution in [0.15, 0.2) is 12.1 Å². The molecule has 1 aromatic rings. The number of nitro groups is 1. The van der Waals surface area contributed by atoms with E-state index in [2.05, 4.69) is 5.32 Å². The predicted molar refractivity (Wildman–Crippen MR) is 71.7 cm³/mol. The summed E-state index contributed by atoms with van der Waals surface area (Å²) in [6.07, 6.45) is 0. The summed E-state index contributed by atoms with van der Waals surface area (Å²) in [5, 5.41) is 22.6. The number of benzene rings is 1. The highest BCUT2D eigenvalue weighted by Gasteiger charge is 2.22. The Bertz CT molecular complexity index is 534. The first-order chi connectivity index (χ1) is 9.22. The topological polar surface area (TPSA) is 95.7 Å². The summed E-state index contributed by atoms with van der Waals surface area (Å²) in [4.78, 5) is 22.9. The largest absolute Gasteiger partial charge is 0.478 e. The average Bonchev–Trinajstić information content (AvgIpc) is 2.29. The van der Waals surface area contributed by atoms with Crippen molar-refractivity contribution in [3.05, 3.63) is 33.6 Å². The number of anilines is 1. The number of carboxylic acid groups (broad SMARTS) is 1. The Kier molecular flexibility index (Phi) is 4.98. The Hall–Kier alpha value is -2.22. The second-order valence-corrected chi connectivity index (χ2v) is 4.72. The van der Waals surface area contributed by atoms with Gasteiger partial charge in [-0.3, -0.25) is 10.1 Å². The Balaban J connectivity index is 3.17. The molecule has 1 rings (SSSR count). The van der Waals surface area contributed by atoms with Crippen LogP contribution in [-0.2, 0) is 0 Å². The van der Waals surface area contributed by atoms with E-state index in [1.165, 1.54) is 0 Å². The van der Waals surface area contributed by atoms with Crippen LogP contribution in [0.5, 0.6) is 0 Å². The van der Waals surface area contributed by atoms with Gasteiger partial charge in [0.2, 0.25) is 0 Å². The number of nitro benzene ring substituents is 1. The number of likely N-dealkylation sites (N-methyl/N-ethyl adjacent to an activating group) is 1. The fourth-order valence-corrected chi connectivity index (χ4v) is 1.85. The predicted octanol–water partition coefficient (Wildman–Crippen LogP) is 1.79. The molecule has 0 heterocycles. The van der Waals surface area contributed by atoms with Gasteiger partial charge in [-0.25, -0.2) is 9.18 Å². The molecule has 1 aromatic carbocycles. The molecule has 8 heteroatoms. The zero-order valence-corrected chi connectivity index (χ0v) is 11.4. The molecule has 0 spiro atoms. The zero-order chi connectivity index (χ0) is 15.4. The first-order valence-electron chi connectivity index (χ1n) is 5.85. The second-order valence-electron chi connectivity index (χ2n) is 4.72. The lowest BCUT2D eigenvalue weighted by Crippen LogP contribution is -2.30. The lowest BCUT2D eigenvalue weighted by Gasteiger charge is -2.19. The van der Waals surface area contributed by atoms with E-state index in [4.69, 9.17) is 5.11 Å². The fourth-order valence-electron chi connectivity index (χ4n) is 1.85. The van der Waals surface area contributed by atoms with Crippen LogP contribution in [0.2, 0.25) is 0 Å². The van der Waals surface area contributed by atoms with Crippen molar-refractivity contribution in [1.29, 1.82) is 0 Å². The molecule has 0 radical (unpaired) electrons. The molecular weight excluding hydrogens is 269 g/mol. The molecule has 0 bridgehead atoms.